The van der Waals surface area contributed by atoms with Crippen molar-refractivity contribution in [2.45, 2.75) is 13.5 Å². The van der Waals surface area contributed by atoms with Crippen LogP contribution < -0.4 is 10.2 Å². The molecule has 42 heavy (non-hydrogen) atoms. The van der Waals surface area contributed by atoms with Gasteiger partial charge in [-0.15, -0.1) is 0 Å². The van der Waals surface area contributed by atoms with Crippen LogP contribution in [0.4, 0.5) is 11.5 Å². The summed E-state index contributed by atoms with van der Waals surface area (Å²) in [6, 6.07) is 27.7. The van der Waals surface area contributed by atoms with Crippen molar-refractivity contribution in [3.63, 3.8) is 0 Å². The summed E-state index contributed by atoms with van der Waals surface area (Å²) in [5.74, 6) is 0.724. The highest BCUT2D eigenvalue weighted by Gasteiger charge is 2.18. The Morgan fingerprint density at radius 2 is 1.74 bits per heavy atom. The van der Waals surface area contributed by atoms with Gasteiger partial charge in [0.2, 0.25) is 0 Å². The van der Waals surface area contributed by atoms with Gasteiger partial charge in [-0.05, 0) is 77.7 Å². The molecule has 208 valence electrons. The Balaban J connectivity index is 1.03. The van der Waals surface area contributed by atoms with E-state index in [0.29, 0.717) is 16.8 Å². The number of pyridine rings is 1. The number of benzene rings is 3. The monoisotopic (exact) mass is 553 g/mol. The number of piperazine rings is 1. The molecule has 1 fully saturated rings. The first kappa shape index (κ1) is 26.9. The smallest absolute Gasteiger partial charge is 0.255 e. The molecule has 8 heteroatoms. The van der Waals surface area contributed by atoms with E-state index in [1.165, 1.54) is 5.56 Å². The Morgan fingerprint density at radius 3 is 2.40 bits per heavy atom. The quantitative estimate of drug-likeness (QED) is 0.279. The molecule has 1 N–H and O–H groups in total. The van der Waals surface area contributed by atoms with Crippen LogP contribution in [0.25, 0.3) is 16.8 Å². The van der Waals surface area contributed by atoms with Crippen molar-refractivity contribution in [3.8, 4) is 22.9 Å². The van der Waals surface area contributed by atoms with E-state index in [1.807, 2.05) is 66.5 Å². The van der Waals surface area contributed by atoms with Crippen molar-refractivity contribution in [1.29, 1.82) is 5.26 Å². The van der Waals surface area contributed by atoms with Crippen LogP contribution in [0, 0.1) is 18.3 Å². The Bertz CT molecular complexity index is 1700. The fourth-order valence-corrected chi connectivity index (χ4v) is 5.23. The molecule has 0 bridgehead atoms. The van der Waals surface area contributed by atoms with Crippen molar-refractivity contribution in [2.24, 2.45) is 0 Å². The van der Waals surface area contributed by atoms with Gasteiger partial charge in [-0.2, -0.15) is 5.26 Å². The lowest BCUT2D eigenvalue weighted by Gasteiger charge is -2.35. The minimum atomic E-state index is -0.189. The minimum absolute atomic E-state index is 0.189. The SMILES string of the molecule is Cc1ccc(C(=O)Nc2ccc(N3CCN(Cc4ccc(-n5ccnc5)cc4)CC3)nc2)cc1-c1ccc(C#N)cc1. The number of rotatable bonds is 7. The van der Waals surface area contributed by atoms with Gasteiger partial charge in [0.05, 0.1) is 29.8 Å². The number of aryl methyl sites for hydroxylation is 1. The third-order valence-electron chi connectivity index (χ3n) is 7.67. The van der Waals surface area contributed by atoms with E-state index in [1.54, 1.807) is 24.5 Å². The molecule has 0 aliphatic carbocycles. The zero-order valence-electron chi connectivity index (χ0n) is 23.4. The first-order chi connectivity index (χ1) is 20.6. The normalized spacial score (nSPS) is 13.5. The summed E-state index contributed by atoms with van der Waals surface area (Å²) in [4.78, 5) is 26.6. The van der Waals surface area contributed by atoms with E-state index >= 15 is 0 Å². The molecule has 0 atom stereocenters. The van der Waals surface area contributed by atoms with Crippen molar-refractivity contribution in [1.82, 2.24) is 19.4 Å². The van der Waals surface area contributed by atoms with Gasteiger partial charge in [0.15, 0.2) is 0 Å². The van der Waals surface area contributed by atoms with Crippen LogP contribution in [0.3, 0.4) is 0 Å². The number of hydrogen-bond donors (Lipinski definition) is 1. The van der Waals surface area contributed by atoms with Crippen LogP contribution in [0.1, 0.15) is 27.0 Å². The standard InChI is InChI=1S/C34H31N7O/c1-25-2-7-29(20-32(25)28-8-3-26(21-35)4-9-28)34(42)38-30-10-13-33(37-22-30)40-18-16-39(17-19-40)23-27-5-11-31(12-6-27)41-15-14-36-24-41/h2-15,20,22,24H,16-19,23H2,1H3,(H,38,42). The van der Waals surface area contributed by atoms with Gasteiger partial charge in [0.1, 0.15) is 5.82 Å². The number of aromatic nitrogens is 3. The van der Waals surface area contributed by atoms with Gasteiger partial charge in [-0.25, -0.2) is 9.97 Å². The number of carbonyl (C=O) groups excluding carboxylic acids is 1. The van der Waals surface area contributed by atoms with Crippen molar-refractivity contribution < 1.29 is 4.79 Å². The highest BCUT2D eigenvalue weighted by Crippen LogP contribution is 2.26. The van der Waals surface area contributed by atoms with E-state index in [0.717, 1.165) is 60.9 Å². The predicted octanol–water partition coefficient (Wildman–Crippen LogP) is 5.69. The van der Waals surface area contributed by atoms with Gasteiger partial charge in [-0.3, -0.25) is 9.69 Å². The zero-order valence-corrected chi connectivity index (χ0v) is 23.4. The molecule has 8 nitrogen and oxygen atoms in total. The van der Waals surface area contributed by atoms with Gasteiger partial charge in [0.25, 0.3) is 5.91 Å². The Hall–Kier alpha value is -5.26. The fourth-order valence-electron chi connectivity index (χ4n) is 5.23. The maximum atomic E-state index is 13.1. The van der Waals surface area contributed by atoms with Crippen LogP contribution in [-0.4, -0.2) is 51.5 Å². The fraction of sp³-hybridized carbons (Fsp3) is 0.176. The first-order valence-electron chi connectivity index (χ1n) is 14.0. The highest BCUT2D eigenvalue weighted by molar-refractivity contribution is 6.05. The molecule has 6 rings (SSSR count). The summed E-state index contributed by atoms with van der Waals surface area (Å²) >= 11 is 0. The number of nitriles is 1. The molecule has 1 amide bonds. The van der Waals surface area contributed by atoms with Crippen molar-refractivity contribution in [2.75, 3.05) is 36.4 Å². The second kappa shape index (κ2) is 12.1. The lowest BCUT2D eigenvalue weighted by Crippen LogP contribution is -2.46. The largest absolute Gasteiger partial charge is 0.354 e. The van der Waals surface area contributed by atoms with E-state index in [9.17, 15) is 4.79 Å². The molecule has 3 heterocycles. The molecule has 1 aliphatic rings. The molecule has 0 saturated carbocycles. The van der Waals surface area contributed by atoms with E-state index in [-0.39, 0.29) is 5.91 Å². The average molecular weight is 554 g/mol. The van der Waals surface area contributed by atoms with Crippen LogP contribution in [0.2, 0.25) is 0 Å². The zero-order chi connectivity index (χ0) is 28.9. The van der Waals surface area contributed by atoms with Gasteiger partial charge >= 0.3 is 0 Å². The maximum absolute atomic E-state index is 13.1. The lowest BCUT2D eigenvalue weighted by molar-refractivity contribution is 0.102. The topological polar surface area (TPSA) is 90.1 Å². The molecule has 1 saturated heterocycles. The molecule has 0 unspecified atom stereocenters. The molecule has 0 radical (unpaired) electrons. The van der Waals surface area contributed by atoms with E-state index < -0.39 is 0 Å². The first-order valence-corrected chi connectivity index (χ1v) is 14.0. The van der Waals surface area contributed by atoms with Crippen molar-refractivity contribution in [3.05, 3.63) is 126 Å². The molecular formula is C34H31N7O. The summed E-state index contributed by atoms with van der Waals surface area (Å²) < 4.78 is 2.00. The third kappa shape index (κ3) is 6.07. The van der Waals surface area contributed by atoms with Crippen LogP contribution in [0.5, 0.6) is 0 Å². The number of carbonyl (C=O) groups is 1. The Kier molecular flexibility index (Phi) is 7.75. The molecular weight excluding hydrogens is 522 g/mol. The Morgan fingerprint density at radius 1 is 0.952 bits per heavy atom. The molecule has 2 aromatic heterocycles. The average Bonchev–Trinajstić information content (AvgIpc) is 3.58. The second-order valence-electron chi connectivity index (χ2n) is 10.5. The number of amides is 1. The number of anilines is 2. The van der Waals surface area contributed by atoms with Gasteiger partial charge in [0, 0.05) is 56.4 Å². The maximum Gasteiger partial charge on any atom is 0.255 e. The minimum Gasteiger partial charge on any atom is -0.354 e. The summed E-state index contributed by atoms with van der Waals surface area (Å²) in [5, 5.41) is 12.1. The van der Waals surface area contributed by atoms with Crippen LogP contribution >= 0.6 is 0 Å². The predicted molar refractivity (Wildman–Crippen MR) is 165 cm³/mol. The van der Waals surface area contributed by atoms with Crippen LogP contribution in [-0.2, 0) is 6.54 Å². The molecule has 1 aliphatic heterocycles. The third-order valence-corrected chi connectivity index (χ3v) is 7.67. The second-order valence-corrected chi connectivity index (χ2v) is 10.5. The molecule has 3 aromatic carbocycles. The Labute approximate surface area is 245 Å². The molecule has 0 spiro atoms. The summed E-state index contributed by atoms with van der Waals surface area (Å²) in [7, 11) is 0. The van der Waals surface area contributed by atoms with Gasteiger partial charge in [-0.1, -0.05) is 30.3 Å². The molecule has 5 aromatic rings. The van der Waals surface area contributed by atoms with E-state index in [4.69, 9.17) is 5.26 Å². The summed E-state index contributed by atoms with van der Waals surface area (Å²) in [6.07, 6.45) is 7.26. The number of nitrogens with one attached hydrogen (secondary N) is 1. The van der Waals surface area contributed by atoms with E-state index in [2.05, 4.69) is 55.4 Å². The van der Waals surface area contributed by atoms with Crippen molar-refractivity contribution >= 4 is 17.4 Å². The number of nitrogens with zero attached hydrogens (tertiary/aromatic N) is 6. The highest BCUT2D eigenvalue weighted by atomic mass is 16.1. The number of hydrogen-bond acceptors (Lipinski definition) is 6. The van der Waals surface area contributed by atoms with Crippen LogP contribution in [0.15, 0.2) is 104 Å². The number of imidazole rings is 1. The summed E-state index contributed by atoms with van der Waals surface area (Å²) in [6.45, 7) is 6.64. The van der Waals surface area contributed by atoms with Gasteiger partial charge < -0.3 is 14.8 Å². The lowest BCUT2D eigenvalue weighted by atomic mass is 9.97. The summed E-state index contributed by atoms with van der Waals surface area (Å²) in [5.41, 5.74) is 7.23.